The van der Waals surface area contributed by atoms with Crippen molar-refractivity contribution in [1.29, 1.82) is 0 Å². The Kier molecular flexibility index (Phi) is 28.1. The van der Waals surface area contributed by atoms with Gasteiger partial charge in [-0.3, -0.25) is 0 Å². The molecule has 0 rings (SSSR count). The molecule has 0 saturated carbocycles. The van der Waals surface area contributed by atoms with Crippen LogP contribution in [0.3, 0.4) is 0 Å². The van der Waals surface area contributed by atoms with E-state index in [1.54, 1.807) is 0 Å². The van der Waals surface area contributed by atoms with Gasteiger partial charge in [-0.05, 0) is 0 Å². The van der Waals surface area contributed by atoms with E-state index in [4.69, 9.17) is 19.8 Å². The summed E-state index contributed by atoms with van der Waals surface area (Å²) in [6.07, 6.45) is 0. The summed E-state index contributed by atoms with van der Waals surface area (Å²) >= 11 is 0. The van der Waals surface area contributed by atoms with Crippen LogP contribution in [0.2, 0.25) is 0 Å². The Hall–Kier alpha value is 0.198. The van der Waals surface area contributed by atoms with Crippen LogP contribution in [0.5, 0.6) is 0 Å². The van der Waals surface area contributed by atoms with Gasteiger partial charge in [0.15, 0.2) is 0 Å². The van der Waals surface area contributed by atoms with Crippen LogP contribution in [0, 0.1) is 40.4 Å². The van der Waals surface area contributed by atoms with Gasteiger partial charge in [0.05, 0.1) is 11.9 Å². The number of hydrogen-bond donors (Lipinski definition) is 1. The minimum Gasteiger partial charge on any atom is -0.543 e. The average molecular weight is 274 g/mol. The first-order valence-electron chi connectivity index (χ1n) is 1.07. The van der Waals surface area contributed by atoms with Gasteiger partial charge in [0.2, 0.25) is 0 Å². The average Bonchev–Trinajstić information content (AvgIpc) is 1.36. The zero-order chi connectivity index (χ0) is 5.15. The third-order valence-corrected chi connectivity index (χ3v) is 0.167. The number of carbonyl (C=O) groups excluding carboxylic acids is 2. The molecule has 0 aliphatic carbocycles. The first-order valence-corrected chi connectivity index (χ1v) is 1.07. The van der Waals surface area contributed by atoms with Crippen molar-refractivity contribution in [2.45, 2.75) is 0 Å². The molecule has 0 atom stereocenters. The van der Waals surface area contributed by atoms with Crippen LogP contribution in [-0.4, -0.2) is 17.4 Å². The molecule has 0 amide bonds. The summed E-state index contributed by atoms with van der Waals surface area (Å²) in [6, 6.07) is 0. The van der Waals surface area contributed by atoms with Gasteiger partial charge >= 0.3 is 0 Å². The predicted molar refractivity (Wildman–Crippen MR) is 19.6 cm³/mol. The Morgan fingerprint density at radius 2 is 1.11 bits per heavy atom. The molecule has 0 aromatic heterocycles. The van der Waals surface area contributed by atoms with E-state index in [1.165, 1.54) is 0 Å². The van der Waals surface area contributed by atoms with Gasteiger partial charge in [-0.1, -0.05) is 0 Å². The Balaban J connectivity index is -0.0000000417. The van der Waals surface area contributed by atoms with Crippen molar-refractivity contribution in [2.75, 3.05) is 0 Å². The van der Waals surface area contributed by atoms with E-state index in [0.29, 0.717) is 0 Å². The second-order valence-electron chi connectivity index (χ2n) is 0.575. The Bertz CT molecular complexity index is 81.0. The third kappa shape index (κ3) is 17.9. The van der Waals surface area contributed by atoms with Crippen LogP contribution in [-0.2, 0) is 9.59 Å². The zero-order valence-electron chi connectivity index (χ0n) is 4.54. The van der Waals surface area contributed by atoms with Crippen LogP contribution in [0.25, 0.3) is 0 Å². The topological polar surface area (TPSA) is 148 Å². The van der Waals surface area contributed by atoms with E-state index in [2.05, 4.69) is 0 Å². The second kappa shape index (κ2) is 11.1. The molecule has 0 heterocycles. The summed E-state index contributed by atoms with van der Waals surface area (Å²) in [4.78, 5) is 17.9. The van der Waals surface area contributed by atoms with Gasteiger partial charge in [-0.25, -0.2) is 0 Å². The van der Waals surface area contributed by atoms with Gasteiger partial charge in [0.1, 0.15) is 0 Å². The largest absolute Gasteiger partial charge is 0.543 e. The second-order valence-corrected chi connectivity index (χ2v) is 0.575. The Morgan fingerprint density at radius 1 is 1.00 bits per heavy atom. The summed E-state index contributed by atoms with van der Waals surface area (Å²) in [6.45, 7) is 0. The smallest absolute Gasteiger partial charge is 0.0870 e. The number of quaternary nitrogens is 1. The predicted octanol–water partition coefficient (Wildman–Crippen LogP) is -3.96. The molecule has 7 heteroatoms. The molecule has 0 unspecified atom stereocenters. The number of carboxylic acid groups (broad SMARTS) is 2. The van der Waals surface area contributed by atoms with Crippen LogP contribution >= 0.6 is 0 Å². The van der Waals surface area contributed by atoms with Crippen LogP contribution in [0.1, 0.15) is 0 Å². The number of hydrogen-bond acceptors (Lipinski definition) is 4. The minimum atomic E-state index is -2.19. The fraction of sp³-hybridized carbons (Fsp3) is 0. The summed E-state index contributed by atoms with van der Waals surface area (Å²) in [5, 5.41) is 17.9. The first-order chi connectivity index (χ1) is 2.64. The van der Waals surface area contributed by atoms with Crippen molar-refractivity contribution in [3.63, 3.8) is 0 Å². The molecule has 0 radical (unpaired) electrons. The van der Waals surface area contributed by atoms with E-state index >= 15 is 0 Å². The number of carbonyl (C=O) groups is 2. The maximum atomic E-state index is 8.93. The van der Waals surface area contributed by atoms with E-state index < -0.39 is 11.9 Å². The van der Waals surface area contributed by atoms with Gasteiger partial charge in [0, 0.05) is 40.4 Å². The molecule has 0 aromatic carbocycles. The third-order valence-electron chi connectivity index (χ3n) is 0.167. The van der Waals surface area contributed by atoms with E-state index in [-0.39, 0.29) is 52.0 Å². The van der Waals surface area contributed by atoms with Gasteiger partial charge < -0.3 is 31.4 Å². The van der Waals surface area contributed by atoms with Crippen molar-refractivity contribution < 1.29 is 65.7 Å². The standard InChI is InChI=1S/C2H2O4.H3N.H2O.Sm/c3-1(4)2(5)6;;;/h(H,3,4)(H,5,6);1H3;1H2;/p-1. The van der Waals surface area contributed by atoms with Crippen molar-refractivity contribution in [2.24, 2.45) is 0 Å². The zero-order valence-corrected chi connectivity index (χ0v) is 7.16. The molecule has 0 spiro atoms. The van der Waals surface area contributed by atoms with Gasteiger partial charge in [-0.15, -0.1) is 0 Å². The number of rotatable bonds is 0. The summed E-state index contributed by atoms with van der Waals surface area (Å²) in [5.74, 6) is -4.37. The van der Waals surface area contributed by atoms with Crippen molar-refractivity contribution in [3.8, 4) is 0 Å². The molecule has 56 valence electrons. The quantitative estimate of drug-likeness (QED) is 0.448. The fourth-order valence-corrected chi connectivity index (χ4v) is 0. The van der Waals surface area contributed by atoms with Crippen LogP contribution < -0.4 is 16.4 Å². The maximum Gasteiger partial charge on any atom is 0.0870 e. The molecule has 0 aromatic rings. The summed E-state index contributed by atoms with van der Waals surface area (Å²) in [7, 11) is 0. The Labute approximate surface area is 83.2 Å². The molecular weight excluding hydrogens is 268 g/mol. The summed E-state index contributed by atoms with van der Waals surface area (Å²) in [5.41, 5.74) is 0. The van der Waals surface area contributed by atoms with Crippen molar-refractivity contribution in [1.82, 2.24) is 6.15 Å². The normalized spacial score (nSPS) is 4.89. The van der Waals surface area contributed by atoms with Crippen molar-refractivity contribution in [3.05, 3.63) is 0 Å². The van der Waals surface area contributed by atoms with Crippen LogP contribution in [0.4, 0.5) is 0 Å². The van der Waals surface area contributed by atoms with E-state index in [1.807, 2.05) is 0 Å². The Morgan fingerprint density at radius 3 is 1.11 bits per heavy atom. The molecule has 0 saturated heterocycles. The molecule has 0 aliphatic heterocycles. The van der Waals surface area contributed by atoms with E-state index in [9.17, 15) is 0 Å². The van der Waals surface area contributed by atoms with Gasteiger partial charge in [0.25, 0.3) is 0 Å². The molecule has 6 N–H and O–H groups in total. The molecule has 0 fully saturated rings. The van der Waals surface area contributed by atoms with E-state index in [0.717, 1.165) is 0 Å². The summed E-state index contributed by atoms with van der Waals surface area (Å²) < 4.78 is 0. The monoisotopic (exact) mass is 276 g/mol. The molecule has 6 nitrogen and oxygen atoms in total. The molecule has 9 heavy (non-hydrogen) atoms. The van der Waals surface area contributed by atoms with Crippen LogP contribution in [0.15, 0.2) is 0 Å². The molecule has 0 bridgehead atoms. The molecular formula is C2H6NO5Sm-. The number of carboxylic acids is 2. The first kappa shape index (κ1) is 22.9. The minimum absolute atomic E-state index is 0. The van der Waals surface area contributed by atoms with Crippen molar-refractivity contribution >= 4 is 11.9 Å². The van der Waals surface area contributed by atoms with Gasteiger partial charge in [-0.2, -0.15) is 0 Å². The SMILES string of the molecule is O.O=C([O-])C(=O)[O-].[NH4+].[Sm]. The number of aliphatic carboxylic acids is 2. The maximum absolute atomic E-state index is 8.93. The fourth-order valence-electron chi connectivity index (χ4n) is 0. The molecule has 0 aliphatic rings.